The first-order valence-electron chi connectivity index (χ1n) is 4.80. The predicted octanol–water partition coefficient (Wildman–Crippen LogP) is 0.297. The summed E-state index contributed by atoms with van der Waals surface area (Å²) in [4.78, 5) is 22.2. The maximum atomic E-state index is 11.2. The normalized spacial score (nSPS) is 14.1. The number of carbonyl (C=O) groups is 2. The number of carbonyl (C=O) groups excluding carboxylic acids is 2. The van der Waals surface area contributed by atoms with Gasteiger partial charge >= 0.3 is 5.97 Å². The third-order valence-electron chi connectivity index (χ3n) is 2.03. The Kier molecular flexibility index (Phi) is 7.15. The number of rotatable bonds is 6. The zero-order valence-electron chi connectivity index (χ0n) is 9.28. The van der Waals surface area contributed by atoms with E-state index in [0.29, 0.717) is 6.61 Å². The SMILES string of the molecule is CCOC(=O)CSC(C)C(C)C(=O)NN. The maximum absolute atomic E-state index is 11.2. The minimum Gasteiger partial charge on any atom is -0.465 e. The van der Waals surface area contributed by atoms with Crippen LogP contribution in [0.1, 0.15) is 20.8 Å². The highest BCUT2D eigenvalue weighted by molar-refractivity contribution is 8.00. The molecule has 0 aromatic carbocycles. The minimum absolute atomic E-state index is 0.0259. The van der Waals surface area contributed by atoms with E-state index in [1.54, 1.807) is 13.8 Å². The minimum atomic E-state index is -0.255. The Bertz CT molecular complexity index is 223. The average molecular weight is 234 g/mol. The molecule has 0 bridgehead atoms. The summed E-state index contributed by atoms with van der Waals surface area (Å²) in [5.74, 6) is 4.57. The largest absolute Gasteiger partial charge is 0.465 e. The summed E-state index contributed by atoms with van der Waals surface area (Å²) >= 11 is 1.39. The lowest BCUT2D eigenvalue weighted by molar-refractivity contribution is -0.139. The summed E-state index contributed by atoms with van der Waals surface area (Å²) in [7, 11) is 0. The van der Waals surface area contributed by atoms with Gasteiger partial charge in [-0.05, 0) is 6.92 Å². The fraction of sp³-hybridized carbons (Fsp3) is 0.778. The lowest BCUT2D eigenvalue weighted by atomic mass is 10.1. The number of hydrogen-bond donors (Lipinski definition) is 2. The van der Waals surface area contributed by atoms with Gasteiger partial charge in [0.15, 0.2) is 0 Å². The molecule has 1 amide bonds. The van der Waals surface area contributed by atoms with Crippen molar-refractivity contribution in [3.8, 4) is 0 Å². The number of nitrogens with one attached hydrogen (secondary N) is 1. The lowest BCUT2D eigenvalue weighted by Gasteiger charge is -2.17. The highest BCUT2D eigenvalue weighted by Gasteiger charge is 2.20. The third-order valence-corrected chi connectivity index (χ3v) is 3.37. The van der Waals surface area contributed by atoms with E-state index in [2.05, 4.69) is 5.43 Å². The van der Waals surface area contributed by atoms with Crippen LogP contribution in [0.15, 0.2) is 0 Å². The summed E-state index contributed by atoms with van der Waals surface area (Å²) in [6.45, 7) is 5.79. The van der Waals surface area contributed by atoms with Gasteiger partial charge in [-0.25, -0.2) is 5.84 Å². The molecule has 5 nitrogen and oxygen atoms in total. The zero-order chi connectivity index (χ0) is 11.8. The molecule has 0 rings (SSSR count). The van der Waals surface area contributed by atoms with Crippen molar-refractivity contribution in [1.29, 1.82) is 0 Å². The molecule has 0 aliphatic heterocycles. The van der Waals surface area contributed by atoms with Gasteiger partial charge in [0.25, 0.3) is 0 Å². The Hall–Kier alpha value is -0.750. The summed E-state index contributed by atoms with van der Waals surface area (Å²) in [6, 6.07) is 0. The van der Waals surface area contributed by atoms with E-state index in [9.17, 15) is 9.59 Å². The van der Waals surface area contributed by atoms with Crippen molar-refractivity contribution < 1.29 is 14.3 Å². The molecule has 0 aliphatic carbocycles. The Morgan fingerprint density at radius 1 is 1.47 bits per heavy atom. The van der Waals surface area contributed by atoms with Gasteiger partial charge in [0.2, 0.25) is 5.91 Å². The highest BCUT2D eigenvalue weighted by atomic mass is 32.2. The first-order valence-corrected chi connectivity index (χ1v) is 5.85. The second-order valence-corrected chi connectivity index (χ2v) is 4.48. The lowest BCUT2D eigenvalue weighted by Crippen LogP contribution is -2.38. The first kappa shape index (κ1) is 14.2. The van der Waals surface area contributed by atoms with E-state index in [4.69, 9.17) is 10.6 Å². The number of hydrogen-bond acceptors (Lipinski definition) is 5. The number of hydrazine groups is 1. The van der Waals surface area contributed by atoms with Crippen LogP contribution in [0, 0.1) is 5.92 Å². The van der Waals surface area contributed by atoms with Crippen molar-refractivity contribution in [3.63, 3.8) is 0 Å². The molecule has 0 radical (unpaired) electrons. The summed E-state index contributed by atoms with van der Waals surface area (Å²) < 4.78 is 4.77. The molecular formula is C9H18N2O3S. The zero-order valence-corrected chi connectivity index (χ0v) is 10.1. The van der Waals surface area contributed by atoms with E-state index in [1.807, 2.05) is 6.92 Å². The van der Waals surface area contributed by atoms with Crippen LogP contribution in [-0.4, -0.2) is 29.5 Å². The molecule has 6 heteroatoms. The predicted molar refractivity (Wildman–Crippen MR) is 60.0 cm³/mol. The Balaban J connectivity index is 3.87. The van der Waals surface area contributed by atoms with Crippen LogP contribution in [-0.2, 0) is 14.3 Å². The molecule has 0 spiro atoms. The average Bonchev–Trinajstić information content (AvgIpc) is 2.24. The third kappa shape index (κ3) is 5.64. The van der Waals surface area contributed by atoms with Gasteiger partial charge < -0.3 is 4.74 Å². The van der Waals surface area contributed by atoms with Crippen molar-refractivity contribution in [1.82, 2.24) is 5.43 Å². The van der Waals surface area contributed by atoms with Crippen LogP contribution >= 0.6 is 11.8 Å². The van der Waals surface area contributed by atoms with E-state index >= 15 is 0 Å². The molecule has 0 aromatic heterocycles. The summed E-state index contributed by atoms with van der Waals surface area (Å²) in [5.41, 5.74) is 2.09. The molecule has 2 atom stereocenters. The van der Waals surface area contributed by atoms with Crippen LogP contribution in [0.5, 0.6) is 0 Å². The monoisotopic (exact) mass is 234 g/mol. The second-order valence-electron chi connectivity index (χ2n) is 3.12. The molecule has 15 heavy (non-hydrogen) atoms. The molecule has 0 heterocycles. The quantitative estimate of drug-likeness (QED) is 0.299. The van der Waals surface area contributed by atoms with Gasteiger partial charge in [0.1, 0.15) is 0 Å². The topological polar surface area (TPSA) is 81.4 Å². The molecule has 88 valence electrons. The van der Waals surface area contributed by atoms with Crippen LogP contribution in [0.4, 0.5) is 0 Å². The molecular weight excluding hydrogens is 216 g/mol. The van der Waals surface area contributed by atoms with Crippen molar-refractivity contribution in [2.24, 2.45) is 11.8 Å². The summed E-state index contributed by atoms with van der Waals surface area (Å²) in [5, 5.41) is 0.0259. The molecule has 0 saturated carbocycles. The molecule has 0 fully saturated rings. The number of esters is 1. The molecule has 3 N–H and O–H groups in total. The smallest absolute Gasteiger partial charge is 0.315 e. The van der Waals surface area contributed by atoms with Gasteiger partial charge in [0, 0.05) is 11.2 Å². The molecule has 0 aliphatic rings. The first-order chi connectivity index (χ1) is 7.02. The fourth-order valence-electron chi connectivity index (χ4n) is 0.891. The Labute approximate surface area is 94.1 Å². The Morgan fingerprint density at radius 3 is 2.53 bits per heavy atom. The van der Waals surface area contributed by atoms with E-state index in [-0.39, 0.29) is 28.8 Å². The number of ether oxygens (including phenoxy) is 1. The summed E-state index contributed by atoms with van der Waals surface area (Å²) in [6.07, 6.45) is 0. The van der Waals surface area contributed by atoms with Crippen LogP contribution in [0.25, 0.3) is 0 Å². The van der Waals surface area contributed by atoms with E-state index in [0.717, 1.165) is 0 Å². The highest BCUT2D eigenvalue weighted by Crippen LogP contribution is 2.19. The van der Waals surface area contributed by atoms with Gasteiger partial charge in [-0.15, -0.1) is 11.8 Å². The van der Waals surface area contributed by atoms with Gasteiger partial charge in [0.05, 0.1) is 12.4 Å². The number of amides is 1. The maximum Gasteiger partial charge on any atom is 0.315 e. The van der Waals surface area contributed by atoms with Crippen molar-refractivity contribution >= 4 is 23.6 Å². The van der Waals surface area contributed by atoms with Crippen LogP contribution in [0.2, 0.25) is 0 Å². The van der Waals surface area contributed by atoms with Crippen molar-refractivity contribution in [2.45, 2.75) is 26.0 Å². The standard InChI is InChI=1S/C9H18N2O3S/c1-4-14-8(12)5-15-7(3)6(2)9(13)11-10/h6-7H,4-5,10H2,1-3H3,(H,11,13). The fourth-order valence-corrected chi connectivity index (χ4v) is 1.79. The van der Waals surface area contributed by atoms with Crippen LogP contribution in [0.3, 0.4) is 0 Å². The second kappa shape index (κ2) is 7.53. The van der Waals surface area contributed by atoms with Gasteiger partial charge in [-0.3, -0.25) is 15.0 Å². The molecule has 0 aromatic rings. The number of thioether (sulfide) groups is 1. The number of nitrogens with two attached hydrogens (primary N) is 1. The van der Waals surface area contributed by atoms with Crippen molar-refractivity contribution in [2.75, 3.05) is 12.4 Å². The molecule has 2 unspecified atom stereocenters. The van der Waals surface area contributed by atoms with E-state index in [1.165, 1.54) is 11.8 Å². The Morgan fingerprint density at radius 2 is 2.07 bits per heavy atom. The van der Waals surface area contributed by atoms with Gasteiger partial charge in [-0.1, -0.05) is 13.8 Å². The van der Waals surface area contributed by atoms with E-state index < -0.39 is 0 Å². The van der Waals surface area contributed by atoms with Gasteiger partial charge in [-0.2, -0.15) is 0 Å². The van der Waals surface area contributed by atoms with Crippen LogP contribution < -0.4 is 11.3 Å². The molecule has 0 saturated heterocycles. The van der Waals surface area contributed by atoms with Crippen molar-refractivity contribution in [3.05, 3.63) is 0 Å².